The maximum absolute atomic E-state index is 13.0. The van der Waals surface area contributed by atoms with Gasteiger partial charge in [-0.3, -0.25) is 0 Å². The number of halogens is 3. The Morgan fingerprint density at radius 1 is 0.960 bits per heavy atom. The summed E-state index contributed by atoms with van der Waals surface area (Å²) in [6.45, 7) is 0.628. The summed E-state index contributed by atoms with van der Waals surface area (Å²) in [7, 11) is 3.15. The second-order valence-electron chi connectivity index (χ2n) is 6.07. The van der Waals surface area contributed by atoms with Crippen molar-refractivity contribution in [2.75, 3.05) is 14.2 Å². The number of fused-ring (bicyclic) bond motifs is 5. The number of ether oxygens (including phenoxy) is 2. The maximum Gasteiger partial charge on any atom is 0.416 e. The molecule has 4 rings (SSSR count). The number of nitrogens with zero attached hydrogens (tertiary/aromatic N) is 1. The third kappa shape index (κ3) is 2.44. The van der Waals surface area contributed by atoms with E-state index in [9.17, 15) is 13.2 Å². The number of benzene rings is 2. The van der Waals surface area contributed by atoms with Crippen molar-refractivity contribution in [1.29, 1.82) is 0 Å². The predicted octanol–water partition coefficient (Wildman–Crippen LogP) is 4.90. The predicted molar refractivity (Wildman–Crippen MR) is 89.2 cm³/mol. The van der Waals surface area contributed by atoms with Crippen molar-refractivity contribution in [1.82, 2.24) is 4.57 Å². The van der Waals surface area contributed by atoms with Crippen LogP contribution in [-0.2, 0) is 19.1 Å². The van der Waals surface area contributed by atoms with Gasteiger partial charge in [0.15, 0.2) is 11.5 Å². The highest BCUT2D eigenvalue weighted by atomic mass is 19.4. The molecule has 0 radical (unpaired) electrons. The minimum absolute atomic E-state index is 0.602. The first-order valence-electron chi connectivity index (χ1n) is 7.88. The van der Waals surface area contributed by atoms with Crippen LogP contribution in [0.2, 0.25) is 0 Å². The average Bonchev–Trinajstić information content (AvgIpc) is 2.97. The van der Waals surface area contributed by atoms with Gasteiger partial charge in [0.05, 0.1) is 19.8 Å². The molecule has 130 valence electrons. The van der Waals surface area contributed by atoms with Crippen LogP contribution in [-0.4, -0.2) is 18.8 Å². The normalized spacial score (nSPS) is 13.5. The molecule has 0 spiro atoms. The van der Waals surface area contributed by atoms with E-state index in [1.165, 1.54) is 12.1 Å². The molecule has 1 aliphatic rings. The fourth-order valence-corrected chi connectivity index (χ4v) is 3.49. The quantitative estimate of drug-likeness (QED) is 0.658. The molecule has 1 aliphatic heterocycles. The first-order valence-corrected chi connectivity index (χ1v) is 7.88. The molecule has 6 heteroatoms. The Kier molecular flexibility index (Phi) is 3.45. The van der Waals surface area contributed by atoms with Crippen molar-refractivity contribution in [3.05, 3.63) is 47.5 Å². The minimum Gasteiger partial charge on any atom is -0.493 e. The van der Waals surface area contributed by atoms with Crippen molar-refractivity contribution < 1.29 is 22.6 Å². The third-order valence-corrected chi connectivity index (χ3v) is 4.72. The van der Waals surface area contributed by atoms with Crippen LogP contribution in [0.3, 0.4) is 0 Å². The summed E-state index contributed by atoms with van der Waals surface area (Å²) >= 11 is 0. The zero-order valence-corrected chi connectivity index (χ0v) is 13.8. The molecule has 0 aliphatic carbocycles. The van der Waals surface area contributed by atoms with Crippen LogP contribution in [0.4, 0.5) is 13.2 Å². The molecule has 2 aromatic carbocycles. The van der Waals surface area contributed by atoms with E-state index in [-0.39, 0.29) is 0 Å². The Morgan fingerprint density at radius 2 is 1.68 bits per heavy atom. The van der Waals surface area contributed by atoms with Gasteiger partial charge in [0.25, 0.3) is 0 Å². The largest absolute Gasteiger partial charge is 0.493 e. The van der Waals surface area contributed by atoms with Crippen molar-refractivity contribution in [2.24, 2.45) is 0 Å². The van der Waals surface area contributed by atoms with Gasteiger partial charge in [0.1, 0.15) is 0 Å². The second-order valence-corrected chi connectivity index (χ2v) is 6.07. The summed E-state index contributed by atoms with van der Waals surface area (Å²) in [5.41, 5.74) is 2.94. The zero-order valence-electron chi connectivity index (χ0n) is 13.8. The highest BCUT2D eigenvalue weighted by Crippen LogP contribution is 2.41. The van der Waals surface area contributed by atoms with E-state index in [0.717, 1.165) is 34.7 Å². The van der Waals surface area contributed by atoms with Crippen molar-refractivity contribution >= 4 is 10.9 Å². The van der Waals surface area contributed by atoms with Crippen molar-refractivity contribution in [3.63, 3.8) is 0 Å². The molecular formula is C19H16F3NO2. The van der Waals surface area contributed by atoms with Gasteiger partial charge in [0.2, 0.25) is 0 Å². The molecule has 0 bridgehead atoms. The lowest BCUT2D eigenvalue weighted by Crippen LogP contribution is -2.11. The number of alkyl halides is 3. The van der Waals surface area contributed by atoms with Crippen LogP contribution in [0.1, 0.15) is 11.1 Å². The fourth-order valence-electron chi connectivity index (χ4n) is 3.49. The Labute approximate surface area is 142 Å². The number of rotatable bonds is 2. The van der Waals surface area contributed by atoms with E-state index in [2.05, 4.69) is 0 Å². The third-order valence-electron chi connectivity index (χ3n) is 4.72. The summed E-state index contributed by atoms with van der Waals surface area (Å²) in [5, 5.41) is 0.797. The first kappa shape index (κ1) is 15.9. The molecule has 0 unspecified atom stereocenters. The van der Waals surface area contributed by atoms with Crippen LogP contribution in [0.5, 0.6) is 11.5 Å². The Balaban J connectivity index is 1.93. The minimum atomic E-state index is -4.35. The van der Waals surface area contributed by atoms with Crippen LogP contribution in [0.15, 0.2) is 36.4 Å². The molecule has 3 nitrogen and oxygen atoms in total. The van der Waals surface area contributed by atoms with Crippen molar-refractivity contribution in [3.8, 4) is 22.8 Å². The number of hydrogen-bond acceptors (Lipinski definition) is 2. The van der Waals surface area contributed by atoms with E-state index in [4.69, 9.17) is 9.47 Å². The molecule has 3 aromatic rings. The molecule has 0 fully saturated rings. The molecule has 25 heavy (non-hydrogen) atoms. The van der Waals surface area contributed by atoms with Gasteiger partial charge in [0, 0.05) is 28.7 Å². The highest BCUT2D eigenvalue weighted by molar-refractivity contribution is 5.89. The number of aromatic nitrogens is 1. The molecule has 0 atom stereocenters. The second kappa shape index (κ2) is 5.44. The van der Waals surface area contributed by atoms with Gasteiger partial charge >= 0.3 is 6.18 Å². The molecule has 1 aromatic heterocycles. The summed E-state index contributed by atoms with van der Waals surface area (Å²) in [6.07, 6.45) is -3.62. The average molecular weight is 347 g/mol. The van der Waals surface area contributed by atoms with E-state index < -0.39 is 11.7 Å². The van der Waals surface area contributed by atoms with Gasteiger partial charge in [-0.2, -0.15) is 13.2 Å². The first-order chi connectivity index (χ1) is 11.9. The number of methoxy groups -OCH3 is 2. The van der Waals surface area contributed by atoms with E-state index in [1.807, 2.05) is 22.8 Å². The number of aryl methyl sites for hydroxylation is 2. The molecular weight excluding hydrogens is 331 g/mol. The Hall–Kier alpha value is -2.63. The van der Waals surface area contributed by atoms with Crippen LogP contribution in [0.25, 0.3) is 22.2 Å². The lowest BCUT2D eigenvalue weighted by Gasteiger charge is -2.22. The van der Waals surface area contributed by atoms with E-state index in [1.54, 1.807) is 14.2 Å². The standard InChI is InChI=1S/C19H16F3NO2/c1-24-17-8-11-5-6-23-15-9-13(19(20,21)22)4-3-12(15)7-16(23)14(11)10-18(17)25-2/h3-4,7-10H,5-6H2,1-2H3. The van der Waals surface area contributed by atoms with Gasteiger partial charge in [-0.25, -0.2) is 0 Å². The van der Waals surface area contributed by atoms with Crippen molar-refractivity contribution in [2.45, 2.75) is 19.1 Å². The summed E-state index contributed by atoms with van der Waals surface area (Å²) in [5.74, 6) is 1.26. The SMILES string of the molecule is COc1cc2c(cc1OC)-c1cc3ccc(C(F)(F)F)cc3n1CC2. The lowest BCUT2D eigenvalue weighted by atomic mass is 9.97. The van der Waals surface area contributed by atoms with Crippen LogP contribution in [0, 0.1) is 0 Å². The van der Waals surface area contributed by atoms with Crippen LogP contribution >= 0.6 is 0 Å². The van der Waals surface area contributed by atoms with Crippen LogP contribution < -0.4 is 9.47 Å². The fraction of sp³-hybridized carbons (Fsp3) is 0.263. The molecule has 2 heterocycles. The maximum atomic E-state index is 13.0. The summed E-state index contributed by atoms with van der Waals surface area (Å²) in [6, 6.07) is 9.65. The monoisotopic (exact) mass is 347 g/mol. The summed E-state index contributed by atoms with van der Waals surface area (Å²) in [4.78, 5) is 0. The Bertz CT molecular complexity index is 973. The number of hydrogen-bond donors (Lipinski definition) is 0. The van der Waals surface area contributed by atoms with E-state index >= 15 is 0 Å². The van der Waals surface area contributed by atoms with E-state index in [0.29, 0.717) is 23.6 Å². The highest BCUT2D eigenvalue weighted by Gasteiger charge is 2.31. The topological polar surface area (TPSA) is 23.4 Å². The zero-order chi connectivity index (χ0) is 17.8. The molecule has 0 amide bonds. The lowest BCUT2D eigenvalue weighted by molar-refractivity contribution is -0.137. The Morgan fingerprint density at radius 3 is 2.36 bits per heavy atom. The molecule has 0 saturated carbocycles. The smallest absolute Gasteiger partial charge is 0.416 e. The summed E-state index contributed by atoms with van der Waals surface area (Å²) < 4.78 is 51.8. The van der Waals surface area contributed by atoms with Gasteiger partial charge in [-0.15, -0.1) is 0 Å². The molecule has 0 N–H and O–H groups in total. The molecule has 0 saturated heterocycles. The van der Waals surface area contributed by atoms with Gasteiger partial charge in [-0.05, 0) is 42.3 Å². The van der Waals surface area contributed by atoms with Gasteiger partial charge in [-0.1, -0.05) is 6.07 Å². The van der Waals surface area contributed by atoms with Gasteiger partial charge < -0.3 is 14.0 Å².